The molecule has 0 spiro atoms. The first kappa shape index (κ1) is 21.8. The third-order valence-corrected chi connectivity index (χ3v) is 6.87. The maximum Gasteiger partial charge on any atom is 0.195 e. The molecule has 31 heavy (non-hydrogen) atoms. The zero-order valence-electron chi connectivity index (χ0n) is 17.5. The van der Waals surface area contributed by atoms with E-state index in [9.17, 15) is 13.5 Å². The second kappa shape index (κ2) is 8.26. The van der Waals surface area contributed by atoms with Crippen molar-refractivity contribution in [3.8, 4) is 0 Å². The summed E-state index contributed by atoms with van der Waals surface area (Å²) >= 11 is 6.19. The van der Waals surface area contributed by atoms with Crippen molar-refractivity contribution in [2.75, 3.05) is 6.26 Å². The maximum atomic E-state index is 12.3. The highest BCUT2D eigenvalue weighted by atomic mass is 35.5. The molecule has 1 aromatic carbocycles. The van der Waals surface area contributed by atoms with Gasteiger partial charge in [-0.3, -0.25) is 4.68 Å². The number of sulfone groups is 1. The molecule has 1 aliphatic rings. The van der Waals surface area contributed by atoms with Crippen molar-refractivity contribution in [3.05, 3.63) is 53.0 Å². The fourth-order valence-corrected chi connectivity index (χ4v) is 5.33. The summed E-state index contributed by atoms with van der Waals surface area (Å²) in [6.07, 6.45) is 8.15. The number of imidazole rings is 1. The molecule has 1 N–H and O–H groups in total. The van der Waals surface area contributed by atoms with Gasteiger partial charge in [-0.25, -0.2) is 13.4 Å². The quantitative estimate of drug-likeness (QED) is 0.598. The van der Waals surface area contributed by atoms with E-state index in [0.29, 0.717) is 22.7 Å². The molecule has 7 nitrogen and oxygen atoms in total. The van der Waals surface area contributed by atoms with Crippen LogP contribution in [-0.2, 0) is 16.4 Å². The SMILES string of the molecule is C=Cc1c(/C=C\C)c(S(C)(=O)=O)nn1Cc1nc2cc(Cl)ccc2n1C1CCC(O)C1. The largest absolute Gasteiger partial charge is 0.393 e. The number of allylic oxidation sites excluding steroid dienone is 1. The summed E-state index contributed by atoms with van der Waals surface area (Å²) in [7, 11) is -3.53. The van der Waals surface area contributed by atoms with Gasteiger partial charge < -0.3 is 9.67 Å². The molecular weight excluding hydrogens is 436 g/mol. The van der Waals surface area contributed by atoms with Gasteiger partial charge in [0.2, 0.25) is 0 Å². The third kappa shape index (κ3) is 4.07. The monoisotopic (exact) mass is 460 g/mol. The number of nitrogens with zero attached hydrogens (tertiary/aromatic N) is 4. The highest BCUT2D eigenvalue weighted by Gasteiger charge is 2.29. The minimum absolute atomic E-state index is 0.0162. The molecule has 1 fully saturated rings. The molecule has 3 aromatic rings. The second-order valence-corrected chi connectivity index (χ2v) is 10.3. The summed E-state index contributed by atoms with van der Waals surface area (Å²) in [4.78, 5) is 4.80. The highest BCUT2D eigenvalue weighted by Crippen LogP contribution is 2.35. The van der Waals surface area contributed by atoms with Crippen LogP contribution in [0.15, 0.2) is 35.9 Å². The molecule has 2 heterocycles. The summed E-state index contributed by atoms with van der Waals surface area (Å²) in [5.74, 6) is 0.731. The topological polar surface area (TPSA) is 90.0 Å². The highest BCUT2D eigenvalue weighted by molar-refractivity contribution is 7.90. The van der Waals surface area contributed by atoms with E-state index in [1.54, 1.807) is 22.9 Å². The average Bonchev–Trinajstić information content (AvgIpc) is 3.36. The molecule has 1 aliphatic carbocycles. The fourth-order valence-electron chi connectivity index (χ4n) is 4.34. The molecule has 9 heteroatoms. The molecule has 2 aromatic heterocycles. The maximum absolute atomic E-state index is 12.3. The lowest BCUT2D eigenvalue weighted by atomic mass is 10.2. The second-order valence-electron chi connectivity index (χ2n) is 7.89. The summed E-state index contributed by atoms with van der Waals surface area (Å²) in [5, 5.41) is 15.1. The lowest BCUT2D eigenvalue weighted by Gasteiger charge is -2.17. The summed E-state index contributed by atoms with van der Waals surface area (Å²) < 4.78 is 28.5. The van der Waals surface area contributed by atoms with E-state index in [0.717, 1.165) is 36.0 Å². The number of halogens is 1. The fraction of sp³-hybridized carbons (Fsp3) is 0.364. The Bertz CT molecular complexity index is 1290. The van der Waals surface area contributed by atoms with Crippen LogP contribution < -0.4 is 0 Å². The van der Waals surface area contributed by atoms with Crippen molar-refractivity contribution in [1.29, 1.82) is 0 Å². The molecule has 0 radical (unpaired) electrons. The first-order valence-corrected chi connectivity index (χ1v) is 12.4. The van der Waals surface area contributed by atoms with E-state index >= 15 is 0 Å². The van der Waals surface area contributed by atoms with Crippen LogP contribution >= 0.6 is 11.6 Å². The Kier molecular flexibility index (Phi) is 5.81. The number of aliphatic hydroxyl groups is 1. The first-order chi connectivity index (χ1) is 14.7. The van der Waals surface area contributed by atoms with E-state index in [-0.39, 0.29) is 23.7 Å². The molecule has 2 atom stereocenters. The molecule has 4 rings (SSSR count). The zero-order valence-corrected chi connectivity index (χ0v) is 19.1. The Morgan fingerprint density at radius 3 is 2.74 bits per heavy atom. The van der Waals surface area contributed by atoms with Crippen LogP contribution in [0.3, 0.4) is 0 Å². The molecular formula is C22H25ClN4O3S. The van der Waals surface area contributed by atoms with Crippen molar-refractivity contribution in [1.82, 2.24) is 19.3 Å². The lowest BCUT2D eigenvalue weighted by molar-refractivity contribution is 0.178. The van der Waals surface area contributed by atoms with Gasteiger partial charge in [0.1, 0.15) is 5.82 Å². The number of aromatic nitrogens is 4. The first-order valence-electron chi connectivity index (χ1n) is 10.1. The zero-order chi connectivity index (χ0) is 22.3. The normalized spacial score (nSPS) is 19.6. The number of hydrogen-bond donors (Lipinski definition) is 1. The summed E-state index contributed by atoms with van der Waals surface area (Å²) in [5.41, 5.74) is 2.82. The summed E-state index contributed by atoms with van der Waals surface area (Å²) in [6.45, 7) is 5.96. The summed E-state index contributed by atoms with van der Waals surface area (Å²) in [6, 6.07) is 5.67. The smallest absolute Gasteiger partial charge is 0.195 e. The molecule has 0 amide bonds. The number of benzene rings is 1. The Labute approximate surface area is 186 Å². The van der Waals surface area contributed by atoms with Gasteiger partial charge in [-0.15, -0.1) is 0 Å². The van der Waals surface area contributed by atoms with Crippen molar-refractivity contribution in [3.63, 3.8) is 0 Å². The van der Waals surface area contributed by atoms with Gasteiger partial charge in [0.25, 0.3) is 0 Å². The molecule has 1 saturated carbocycles. The molecule has 2 unspecified atom stereocenters. The standard InChI is InChI=1S/C22H25ClN4O3S/c1-4-6-17-19(5-2)26(25-22(17)31(3,29)30)13-21-24-18-11-14(23)7-10-20(18)27(21)15-8-9-16(28)12-15/h4-7,10-11,15-16,28H,2,8-9,12-13H2,1,3H3/b6-4-. The Hall–Kier alpha value is -2.42. The lowest BCUT2D eigenvalue weighted by Crippen LogP contribution is -2.15. The minimum Gasteiger partial charge on any atom is -0.393 e. The van der Waals surface area contributed by atoms with Gasteiger partial charge in [0.05, 0.1) is 29.4 Å². The number of rotatable bonds is 6. The van der Waals surface area contributed by atoms with Gasteiger partial charge in [-0.2, -0.15) is 5.10 Å². The van der Waals surface area contributed by atoms with Crippen molar-refractivity contribution in [2.24, 2.45) is 0 Å². The van der Waals surface area contributed by atoms with Gasteiger partial charge in [0, 0.05) is 22.9 Å². The van der Waals surface area contributed by atoms with E-state index in [1.165, 1.54) is 0 Å². The van der Waals surface area contributed by atoms with E-state index in [4.69, 9.17) is 16.6 Å². The van der Waals surface area contributed by atoms with Gasteiger partial charge in [-0.1, -0.05) is 30.3 Å². The molecule has 164 valence electrons. The average molecular weight is 461 g/mol. The predicted octanol–water partition coefficient (Wildman–Crippen LogP) is 4.10. The van der Waals surface area contributed by atoms with E-state index in [2.05, 4.69) is 16.2 Å². The van der Waals surface area contributed by atoms with Crippen LogP contribution in [0.25, 0.3) is 23.2 Å². The Morgan fingerprint density at radius 2 is 2.13 bits per heavy atom. The number of aliphatic hydroxyl groups excluding tert-OH is 1. The van der Waals surface area contributed by atoms with Crippen LogP contribution in [0.1, 0.15) is 49.3 Å². The van der Waals surface area contributed by atoms with Gasteiger partial charge in [0.15, 0.2) is 14.9 Å². The Morgan fingerprint density at radius 1 is 1.35 bits per heavy atom. The predicted molar refractivity (Wildman–Crippen MR) is 123 cm³/mol. The van der Waals surface area contributed by atoms with Crippen LogP contribution in [0.2, 0.25) is 5.02 Å². The number of fused-ring (bicyclic) bond motifs is 1. The number of hydrogen-bond acceptors (Lipinski definition) is 5. The van der Waals surface area contributed by atoms with E-state index in [1.807, 2.05) is 25.1 Å². The van der Waals surface area contributed by atoms with Crippen molar-refractivity contribution < 1.29 is 13.5 Å². The van der Waals surface area contributed by atoms with Gasteiger partial charge in [-0.05, 0) is 50.5 Å². The Balaban J connectivity index is 1.88. The van der Waals surface area contributed by atoms with Crippen LogP contribution in [0.5, 0.6) is 0 Å². The molecule has 0 bridgehead atoms. The van der Waals surface area contributed by atoms with Crippen molar-refractivity contribution in [2.45, 2.75) is 49.9 Å². The van der Waals surface area contributed by atoms with E-state index < -0.39 is 9.84 Å². The molecule has 0 saturated heterocycles. The van der Waals surface area contributed by atoms with Crippen molar-refractivity contribution >= 4 is 44.6 Å². The molecule has 0 aliphatic heterocycles. The van der Waals surface area contributed by atoms with Gasteiger partial charge >= 0.3 is 0 Å². The minimum atomic E-state index is -3.53. The third-order valence-electron chi connectivity index (χ3n) is 5.63. The van der Waals surface area contributed by atoms with Crippen LogP contribution in [0, 0.1) is 0 Å². The van der Waals surface area contributed by atoms with Crippen LogP contribution in [0.4, 0.5) is 0 Å². The van der Waals surface area contributed by atoms with Crippen LogP contribution in [-0.4, -0.2) is 45.2 Å².